The maximum absolute atomic E-state index is 5.69. The van der Waals surface area contributed by atoms with Crippen LogP contribution in [0.5, 0.6) is 0 Å². The normalized spacial score (nSPS) is 12.8. The molecule has 0 aromatic heterocycles. The van der Waals surface area contributed by atoms with Crippen molar-refractivity contribution in [1.82, 2.24) is 0 Å². The molecule has 1 aromatic rings. The SMILES string of the molecule is CCC[C@@H](C)c1cccc(N)c1. The van der Waals surface area contributed by atoms with Gasteiger partial charge >= 0.3 is 0 Å². The number of nitrogen functional groups attached to an aromatic ring is 1. The van der Waals surface area contributed by atoms with Crippen LogP contribution in [0.1, 0.15) is 38.2 Å². The summed E-state index contributed by atoms with van der Waals surface area (Å²) in [6.45, 7) is 4.46. The van der Waals surface area contributed by atoms with Crippen LogP contribution in [0.15, 0.2) is 24.3 Å². The van der Waals surface area contributed by atoms with Crippen LogP contribution < -0.4 is 5.73 Å². The highest BCUT2D eigenvalue weighted by Crippen LogP contribution is 2.21. The van der Waals surface area contributed by atoms with Gasteiger partial charge in [0.15, 0.2) is 0 Å². The molecule has 1 atom stereocenters. The summed E-state index contributed by atoms with van der Waals surface area (Å²) in [5.74, 6) is 0.637. The van der Waals surface area contributed by atoms with Gasteiger partial charge in [-0.3, -0.25) is 0 Å². The van der Waals surface area contributed by atoms with Crippen LogP contribution in [0.3, 0.4) is 0 Å². The van der Waals surface area contributed by atoms with Crippen LogP contribution >= 0.6 is 0 Å². The average Bonchev–Trinajstić information content (AvgIpc) is 2.05. The van der Waals surface area contributed by atoms with E-state index in [1.807, 2.05) is 12.1 Å². The molecule has 1 rings (SSSR count). The Hall–Kier alpha value is -0.980. The van der Waals surface area contributed by atoms with E-state index in [1.165, 1.54) is 18.4 Å². The first-order valence-electron chi connectivity index (χ1n) is 4.59. The van der Waals surface area contributed by atoms with Gasteiger partial charge in [-0.2, -0.15) is 0 Å². The van der Waals surface area contributed by atoms with E-state index in [0.717, 1.165) is 5.69 Å². The van der Waals surface area contributed by atoms with Crippen molar-refractivity contribution in [3.63, 3.8) is 0 Å². The van der Waals surface area contributed by atoms with Crippen molar-refractivity contribution in [3.05, 3.63) is 29.8 Å². The Morgan fingerprint density at radius 3 is 2.75 bits per heavy atom. The molecule has 0 unspecified atom stereocenters. The standard InChI is InChI=1S/C11H17N/c1-3-5-9(2)10-6-4-7-11(12)8-10/h4,6-9H,3,5,12H2,1-2H3/t9-/m1/s1. The van der Waals surface area contributed by atoms with Crippen LogP contribution in [0.2, 0.25) is 0 Å². The molecule has 1 aromatic carbocycles. The number of anilines is 1. The Bertz CT molecular complexity index is 243. The zero-order valence-corrected chi connectivity index (χ0v) is 7.88. The fourth-order valence-electron chi connectivity index (χ4n) is 1.47. The summed E-state index contributed by atoms with van der Waals surface area (Å²) >= 11 is 0. The minimum atomic E-state index is 0.637. The molecule has 0 heterocycles. The molecule has 2 N–H and O–H groups in total. The Balaban J connectivity index is 2.73. The summed E-state index contributed by atoms with van der Waals surface area (Å²) in [4.78, 5) is 0. The van der Waals surface area contributed by atoms with Crippen molar-refractivity contribution >= 4 is 5.69 Å². The van der Waals surface area contributed by atoms with E-state index >= 15 is 0 Å². The zero-order chi connectivity index (χ0) is 8.97. The van der Waals surface area contributed by atoms with Gasteiger partial charge in [0.2, 0.25) is 0 Å². The van der Waals surface area contributed by atoms with E-state index in [2.05, 4.69) is 26.0 Å². The first-order chi connectivity index (χ1) is 5.74. The molecule has 1 nitrogen and oxygen atoms in total. The van der Waals surface area contributed by atoms with Crippen molar-refractivity contribution in [2.45, 2.75) is 32.6 Å². The van der Waals surface area contributed by atoms with Crippen molar-refractivity contribution in [1.29, 1.82) is 0 Å². The highest BCUT2D eigenvalue weighted by molar-refractivity contribution is 5.41. The van der Waals surface area contributed by atoms with Gasteiger partial charge in [0, 0.05) is 5.69 Å². The molecule has 0 aliphatic heterocycles. The average molecular weight is 163 g/mol. The molecule has 0 fully saturated rings. The lowest BCUT2D eigenvalue weighted by molar-refractivity contribution is 0.665. The smallest absolute Gasteiger partial charge is 0.0316 e. The van der Waals surface area contributed by atoms with Gasteiger partial charge in [-0.1, -0.05) is 32.4 Å². The van der Waals surface area contributed by atoms with Crippen molar-refractivity contribution in [3.8, 4) is 0 Å². The van der Waals surface area contributed by atoms with E-state index in [1.54, 1.807) is 0 Å². The monoisotopic (exact) mass is 163 g/mol. The quantitative estimate of drug-likeness (QED) is 0.680. The third-order valence-corrected chi connectivity index (χ3v) is 2.20. The zero-order valence-electron chi connectivity index (χ0n) is 7.88. The lowest BCUT2D eigenvalue weighted by Crippen LogP contribution is -1.94. The minimum absolute atomic E-state index is 0.637. The lowest BCUT2D eigenvalue weighted by atomic mass is 9.96. The Kier molecular flexibility index (Phi) is 3.15. The van der Waals surface area contributed by atoms with Gasteiger partial charge in [0.25, 0.3) is 0 Å². The maximum Gasteiger partial charge on any atom is 0.0316 e. The summed E-state index contributed by atoms with van der Waals surface area (Å²) in [7, 11) is 0. The van der Waals surface area contributed by atoms with Crippen LogP contribution in [0.25, 0.3) is 0 Å². The summed E-state index contributed by atoms with van der Waals surface area (Å²) in [6, 6.07) is 8.18. The molecule has 0 spiro atoms. The molecular formula is C11H17N. The number of benzene rings is 1. The highest BCUT2D eigenvalue weighted by atomic mass is 14.5. The number of nitrogens with two attached hydrogens (primary N) is 1. The summed E-state index contributed by atoms with van der Waals surface area (Å²) < 4.78 is 0. The fourth-order valence-corrected chi connectivity index (χ4v) is 1.47. The van der Waals surface area contributed by atoms with Gasteiger partial charge in [0.1, 0.15) is 0 Å². The third-order valence-electron chi connectivity index (χ3n) is 2.20. The summed E-state index contributed by atoms with van der Waals surface area (Å²) in [6.07, 6.45) is 2.47. The van der Waals surface area contributed by atoms with Crippen LogP contribution in [0, 0.1) is 0 Å². The van der Waals surface area contributed by atoms with Crippen molar-refractivity contribution in [2.24, 2.45) is 0 Å². The van der Waals surface area contributed by atoms with E-state index in [9.17, 15) is 0 Å². The van der Waals surface area contributed by atoms with Crippen molar-refractivity contribution in [2.75, 3.05) is 5.73 Å². The molecule has 66 valence electrons. The molecule has 12 heavy (non-hydrogen) atoms. The van der Waals surface area contributed by atoms with Gasteiger partial charge in [0.05, 0.1) is 0 Å². The Morgan fingerprint density at radius 1 is 1.42 bits per heavy atom. The molecular weight excluding hydrogens is 146 g/mol. The second kappa shape index (κ2) is 4.15. The van der Waals surface area contributed by atoms with Crippen molar-refractivity contribution < 1.29 is 0 Å². The van der Waals surface area contributed by atoms with E-state index in [0.29, 0.717) is 5.92 Å². The summed E-state index contributed by atoms with van der Waals surface area (Å²) in [5.41, 5.74) is 7.92. The fraction of sp³-hybridized carbons (Fsp3) is 0.455. The third kappa shape index (κ3) is 2.26. The first-order valence-corrected chi connectivity index (χ1v) is 4.59. The molecule has 0 bridgehead atoms. The number of rotatable bonds is 3. The summed E-state index contributed by atoms with van der Waals surface area (Å²) in [5, 5.41) is 0. The second-order valence-corrected chi connectivity index (χ2v) is 3.36. The maximum atomic E-state index is 5.69. The van der Waals surface area contributed by atoms with Gasteiger partial charge in [-0.15, -0.1) is 0 Å². The first kappa shape index (κ1) is 9.11. The number of hydrogen-bond donors (Lipinski definition) is 1. The molecule has 0 aliphatic carbocycles. The van der Waals surface area contributed by atoms with Crippen LogP contribution in [-0.2, 0) is 0 Å². The molecule has 0 amide bonds. The van der Waals surface area contributed by atoms with E-state index in [4.69, 9.17) is 5.73 Å². The predicted octanol–water partition coefficient (Wildman–Crippen LogP) is 3.17. The molecule has 0 aliphatic rings. The topological polar surface area (TPSA) is 26.0 Å². The molecule has 0 saturated carbocycles. The van der Waals surface area contributed by atoms with Gasteiger partial charge in [-0.25, -0.2) is 0 Å². The van der Waals surface area contributed by atoms with E-state index in [-0.39, 0.29) is 0 Å². The lowest BCUT2D eigenvalue weighted by Gasteiger charge is -2.10. The van der Waals surface area contributed by atoms with Gasteiger partial charge in [-0.05, 0) is 30.0 Å². The van der Waals surface area contributed by atoms with Gasteiger partial charge < -0.3 is 5.73 Å². The van der Waals surface area contributed by atoms with E-state index < -0.39 is 0 Å². The second-order valence-electron chi connectivity index (χ2n) is 3.36. The highest BCUT2D eigenvalue weighted by Gasteiger charge is 2.03. The molecule has 0 radical (unpaired) electrons. The Labute approximate surface area is 74.6 Å². The largest absolute Gasteiger partial charge is 0.399 e. The minimum Gasteiger partial charge on any atom is -0.399 e. The predicted molar refractivity (Wildman–Crippen MR) is 54.2 cm³/mol. The number of hydrogen-bond acceptors (Lipinski definition) is 1. The molecule has 0 saturated heterocycles. The van der Waals surface area contributed by atoms with Crippen LogP contribution in [0.4, 0.5) is 5.69 Å². The Morgan fingerprint density at radius 2 is 2.17 bits per heavy atom. The van der Waals surface area contributed by atoms with Crippen LogP contribution in [-0.4, -0.2) is 0 Å². The molecule has 1 heteroatoms.